The number of hydrogen-bond donors (Lipinski definition) is 2. The molecule has 1 fully saturated rings. The molecule has 1 aliphatic rings. The highest BCUT2D eigenvalue weighted by molar-refractivity contribution is 5.28. The first-order valence-corrected chi connectivity index (χ1v) is 6.42. The Morgan fingerprint density at radius 2 is 2.28 bits per heavy atom. The molecule has 0 spiro atoms. The zero-order chi connectivity index (χ0) is 13.0. The van der Waals surface area contributed by atoms with Crippen LogP contribution in [0.4, 0.5) is 4.39 Å². The first-order valence-electron chi connectivity index (χ1n) is 6.42. The largest absolute Gasteiger partial charge is 0.497 e. The molecule has 1 saturated carbocycles. The number of aliphatic hydroxyl groups is 1. The fourth-order valence-corrected chi connectivity index (χ4v) is 2.45. The van der Waals surface area contributed by atoms with Gasteiger partial charge in [-0.1, -0.05) is 12.5 Å². The van der Waals surface area contributed by atoms with Crippen LogP contribution in [-0.2, 0) is 6.54 Å². The number of methoxy groups -OCH3 is 1. The summed E-state index contributed by atoms with van der Waals surface area (Å²) >= 11 is 0. The third-order valence-electron chi connectivity index (χ3n) is 3.60. The molecule has 2 atom stereocenters. The standard InChI is InChI=1S/C14H20FNO2/c1-18-12-6-5-10(13(15)7-12)8-16-9-11-3-2-4-14(11)17/h5-7,11,14,16-17H,2-4,8-9H2,1H3. The van der Waals surface area contributed by atoms with Crippen LogP contribution in [0.2, 0.25) is 0 Å². The van der Waals surface area contributed by atoms with Gasteiger partial charge in [-0.15, -0.1) is 0 Å². The predicted octanol–water partition coefficient (Wildman–Crippen LogP) is 2.08. The molecule has 0 radical (unpaired) electrons. The minimum Gasteiger partial charge on any atom is -0.497 e. The summed E-state index contributed by atoms with van der Waals surface area (Å²) in [5.41, 5.74) is 0.628. The van der Waals surface area contributed by atoms with Crippen molar-refractivity contribution in [2.75, 3.05) is 13.7 Å². The molecule has 100 valence electrons. The summed E-state index contributed by atoms with van der Waals surface area (Å²) in [5, 5.41) is 12.9. The number of nitrogens with one attached hydrogen (secondary N) is 1. The number of ether oxygens (including phenoxy) is 1. The van der Waals surface area contributed by atoms with E-state index in [0.29, 0.717) is 23.8 Å². The maximum Gasteiger partial charge on any atom is 0.131 e. The van der Waals surface area contributed by atoms with Crippen molar-refractivity contribution in [1.82, 2.24) is 5.32 Å². The van der Waals surface area contributed by atoms with E-state index >= 15 is 0 Å². The van der Waals surface area contributed by atoms with Crippen molar-refractivity contribution >= 4 is 0 Å². The van der Waals surface area contributed by atoms with Gasteiger partial charge in [-0.3, -0.25) is 0 Å². The number of rotatable bonds is 5. The Kier molecular flexibility index (Phi) is 4.55. The predicted molar refractivity (Wildman–Crippen MR) is 68.0 cm³/mol. The van der Waals surface area contributed by atoms with Crippen molar-refractivity contribution < 1.29 is 14.2 Å². The van der Waals surface area contributed by atoms with E-state index in [1.807, 2.05) is 0 Å². The first-order chi connectivity index (χ1) is 8.70. The molecular weight excluding hydrogens is 233 g/mol. The van der Waals surface area contributed by atoms with Crippen LogP contribution in [0.25, 0.3) is 0 Å². The lowest BCUT2D eigenvalue weighted by atomic mass is 10.1. The lowest BCUT2D eigenvalue weighted by Gasteiger charge is -2.15. The van der Waals surface area contributed by atoms with Crippen LogP contribution in [0.15, 0.2) is 18.2 Å². The monoisotopic (exact) mass is 253 g/mol. The summed E-state index contributed by atoms with van der Waals surface area (Å²) < 4.78 is 18.6. The molecule has 2 N–H and O–H groups in total. The number of aliphatic hydroxyl groups excluding tert-OH is 1. The van der Waals surface area contributed by atoms with E-state index < -0.39 is 0 Å². The number of benzene rings is 1. The molecular formula is C14H20FNO2. The second-order valence-electron chi connectivity index (χ2n) is 4.85. The second kappa shape index (κ2) is 6.16. The van der Waals surface area contributed by atoms with E-state index in [9.17, 15) is 9.50 Å². The summed E-state index contributed by atoms with van der Waals surface area (Å²) in [7, 11) is 1.52. The minimum atomic E-state index is -0.256. The van der Waals surface area contributed by atoms with Gasteiger partial charge in [-0.2, -0.15) is 0 Å². The molecule has 1 aromatic carbocycles. The SMILES string of the molecule is COc1ccc(CNCC2CCCC2O)c(F)c1. The van der Waals surface area contributed by atoms with Gasteiger partial charge in [-0.05, 0) is 24.8 Å². The van der Waals surface area contributed by atoms with Gasteiger partial charge in [0.1, 0.15) is 11.6 Å². The molecule has 2 unspecified atom stereocenters. The van der Waals surface area contributed by atoms with Gasteiger partial charge in [0.15, 0.2) is 0 Å². The first kappa shape index (κ1) is 13.3. The molecule has 18 heavy (non-hydrogen) atoms. The van der Waals surface area contributed by atoms with Gasteiger partial charge in [0.25, 0.3) is 0 Å². The van der Waals surface area contributed by atoms with E-state index in [1.54, 1.807) is 12.1 Å². The van der Waals surface area contributed by atoms with E-state index in [0.717, 1.165) is 25.8 Å². The molecule has 0 amide bonds. The van der Waals surface area contributed by atoms with Crippen LogP contribution in [0.3, 0.4) is 0 Å². The van der Waals surface area contributed by atoms with Crippen LogP contribution in [0, 0.1) is 11.7 Å². The summed E-state index contributed by atoms with van der Waals surface area (Å²) in [6.45, 7) is 1.23. The van der Waals surface area contributed by atoms with Gasteiger partial charge in [0.05, 0.1) is 13.2 Å². The van der Waals surface area contributed by atoms with E-state index in [-0.39, 0.29) is 11.9 Å². The van der Waals surface area contributed by atoms with Gasteiger partial charge < -0.3 is 15.2 Å². The Balaban J connectivity index is 1.83. The van der Waals surface area contributed by atoms with Crippen LogP contribution in [0.5, 0.6) is 5.75 Å². The molecule has 0 aromatic heterocycles. The zero-order valence-electron chi connectivity index (χ0n) is 10.7. The third kappa shape index (κ3) is 3.21. The van der Waals surface area contributed by atoms with Crippen LogP contribution >= 0.6 is 0 Å². The van der Waals surface area contributed by atoms with Crippen molar-refractivity contribution in [3.63, 3.8) is 0 Å². The topological polar surface area (TPSA) is 41.5 Å². The highest BCUT2D eigenvalue weighted by atomic mass is 19.1. The molecule has 3 nitrogen and oxygen atoms in total. The van der Waals surface area contributed by atoms with E-state index in [2.05, 4.69) is 5.32 Å². The van der Waals surface area contributed by atoms with Crippen molar-refractivity contribution in [3.05, 3.63) is 29.6 Å². The molecule has 0 aliphatic heterocycles. The summed E-state index contributed by atoms with van der Waals surface area (Å²) in [6, 6.07) is 4.87. The Bertz CT molecular complexity index is 397. The lowest BCUT2D eigenvalue weighted by molar-refractivity contribution is 0.131. The second-order valence-corrected chi connectivity index (χ2v) is 4.85. The van der Waals surface area contributed by atoms with E-state index in [1.165, 1.54) is 13.2 Å². The Labute approximate surface area is 107 Å². The molecule has 1 aliphatic carbocycles. The molecule has 1 aromatic rings. The number of hydrogen-bond acceptors (Lipinski definition) is 3. The van der Waals surface area contributed by atoms with Gasteiger partial charge >= 0.3 is 0 Å². The maximum absolute atomic E-state index is 13.6. The number of halogens is 1. The molecule has 0 saturated heterocycles. The van der Waals surface area contributed by atoms with E-state index in [4.69, 9.17) is 4.74 Å². The summed E-state index contributed by atoms with van der Waals surface area (Å²) in [5.74, 6) is 0.586. The fourth-order valence-electron chi connectivity index (χ4n) is 2.45. The average molecular weight is 253 g/mol. The highest BCUT2D eigenvalue weighted by Crippen LogP contribution is 2.24. The van der Waals surface area contributed by atoms with Crippen molar-refractivity contribution in [2.24, 2.45) is 5.92 Å². The van der Waals surface area contributed by atoms with Crippen molar-refractivity contribution in [3.8, 4) is 5.75 Å². The summed E-state index contributed by atoms with van der Waals surface area (Å²) in [6.07, 6.45) is 2.84. The van der Waals surface area contributed by atoms with Crippen LogP contribution in [0.1, 0.15) is 24.8 Å². The highest BCUT2D eigenvalue weighted by Gasteiger charge is 2.24. The third-order valence-corrected chi connectivity index (χ3v) is 3.60. The molecule has 0 heterocycles. The normalized spacial score (nSPS) is 23.3. The zero-order valence-corrected chi connectivity index (χ0v) is 10.7. The van der Waals surface area contributed by atoms with Crippen LogP contribution in [-0.4, -0.2) is 24.9 Å². The maximum atomic E-state index is 13.6. The van der Waals surface area contributed by atoms with Crippen molar-refractivity contribution in [2.45, 2.75) is 31.9 Å². The van der Waals surface area contributed by atoms with Crippen molar-refractivity contribution in [1.29, 1.82) is 0 Å². The van der Waals surface area contributed by atoms with Gasteiger partial charge in [-0.25, -0.2) is 4.39 Å². The van der Waals surface area contributed by atoms with Crippen LogP contribution < -0.4 is 10.1 Å². The smallest absolute Gasteiger partial charge is 0.131 e. The quantitative estimate of drug-likeness (QED) is 0.844. The molecule has 4 heteroatoms. The minimum absolute atomic E-state index is 0.196. The average Bonchev–Trinajstić information content (AvgIpc) is 2.77. The summed E-state index contributed by atoms with van der Waals surface area (Å²) in [4.78, 5) is 0. The Morgan fingerprint density at radius 3 is 2.89 bits per heavy atom. The fraction of sp³-hybridized carbons (Fsp3) is 0.571. The lowest BCUT2D eigenvalue weighted by Crippen LogP contribution is -2.27. The Hall–Kier alpha value is -1.13. The Morgan fingerprint density at radius 1 is 1.44 bits per heavy atom. The molecule has 0 bridgehead atoms. The van der Waals surface area contributed by atoms with Gasteiger partial charge in [0.2, 0.25) is 0 Å². The molecule has 2 rings (SSSR count). The van der Waals surface area contributed by atoms with Gasteiger partial charge in [0, 0.05) is 24.7 Å².